The summed E-state index contributed by atoms with van der Waals surface area (Å²) in [7, 11) is 0. The van der Waals surface area contributed by atoms with E-state index < -0.39 is 47.9 Å². The van der Waals surface area contributed by atoms with Gasteiger partial charge in [0, 0.05) is 54.0 Å². The van der Waals surface area contributed by atoms with Crippen LogP contribution in [0.25, 0.3) is 10.9 Å². The summed E-state index contributed by atoms with van der Waals surface area (Å²) in [5.41, 5.74) is 9.19. The lowest BCUT2D eigenvalue weighted by molar-refractivity contribution is -0.141. The van der Waals surface area contributed by atoms with Crippen molar-refractivity contribution in [1.29, 1.82) is 0 Å². The highest BCUT2D eigenvalue weighted by Gasteiger charge is 2.31. The summed E-state index contributed by atoms with van der Waals surface area (Å²) in [4.78, 5) is 61.7. The van der Waals surface area contributed by atoms with E-state index in [1.54, 1.807) is 36.7 Å². The number of amides is 3. The maximum atomic E-state index is 13.8. The molecule has 0 aliphatic rings. The van der Waals surface area contributed by atoms with Crippen LogP contribution in [0.2, 0.25) is 0 Å². The van der Waals surface area contributed by atoms with E-state index in [9.17, 15) is 24.3 Å². The molecule has 0 radical (unpaired) electrons. The topological polar surface area (TPSA) is 195 Å². The number of thiol groups is 1. The normalized spacial score (nSPS) is 14.0. The number of fused-ring (bicyclic) bond motifs is 1. The molecule has 0 saturated heterocycles. The van der Waals surface area contributed by atoms with Crippen LogP contribution in [0, 0.1) is 0 Å². The fourth-order valence-electron chi connectivity index (χ4n) is 4.52. The Morgan fingerprint density at radius 3 is 2.14 bits per heavy atom. The minimum absolute atomic E-state index is 0.0877. The first-order valence-corrected chi connectivity index (χ1v) is 13.9. The monoisotopic (exact) mass is 591 g/mol. The number of nitrogens with zero attached hydrogens (tertiary/aromatic N) is 1. The maximum absolute atomic E-state index is 13.8. The van der Waals surface area contributed by atoms with Crippen molar-refractivity contribution in [3.05, 3.63) is 90.1 Å². The Kier molecular flexibility index (Phi) is 10.3. The van der Waals surface area contributed by atoms with Crippen molar-refractivity contribution in [3.8, 4) is 0 Å². The molecule has 0 spiro atoms. The summed E-state index contributed by atoms with van der Waals surface area (Å²) >= 11 is 4.02. The van der Waals surface area contributed by atoms with Gasteiger partial charge in [-0.25, -0.2) is 9.78 Å². The molecule has 220 valence electrons. The number of carbonyl (C=O) groups excluding carboxylic acids is 3. The van der Waals surface area contributed by atoms with Crippen LogP contribution in [0.3, 0.4) is 0 Å². The molecule has 0 fully saturated rings. The summed E-state index contributed by atoms with van der Waals surface area (Å²) in [6, 6.07) is 12.1. The highest BCUT2D eigenvalue weighted by atomic mass is 32.1. The molecule has 13 heteroatoms. The number of aromatic amines is 2. The number of H-pyrrole nitrogens is 2. The second-order valence-electron chi connectivity index (χ2n) is 9.85. The zero-order valence-corrected chi connectivity index (χ0v) is 23.5. The molecule has 12 nitrogen and oxygen atoms in total. The second kappa shape index (κ2) is 14.3. The number of aromatic nitrogens is 3. The summed E-state index contributed by atoms with van der Waals surface area (Å²) in [6.45, 7) is 0. The van der Waals surface area contributed by atoms with E-state index in [4.69, 9.17) is 5.73 Å². The largest absolute Gasteiger partial charge is 0.480 e. The number of benzene rings is 2. The molecule has 42 heavy (non-hydrogen) atoms. The van der Waals surface area contributed by atoms with Gasteiger partial charge in [0.25, 0.3) is 0 Å². The van der Waals surface area contributed by atoms with Crippen LogP contribution in [-0.4, -0.2) is 73.7 Å². The van der Waals surface area contributed by atoms with E-state index in [-0.39, 0.29) is 25.0 Å². The first-order valence-electron chi connectivity index (χ1n) is 13.3. The van der Waals surface area contributed by atoms with E-state index in [1.807, 2.05) is 30.3 Å². The summed E-state index contributed by atoms with van der Waals surface area (Å²) < 4.78 is 0. The first kappa shape index (κ1) is 30.3. The Balaban J connectivity index is 1.58. The molecule has 4 rings (SSSR count). The third-order valence-corrected chi connectivity index (χ3v) is 7.14. The smallest absolute Gasteiger partial charge is 0.327 e. The number of rotatable bonds is 14. The van der Waals surface area contributed by atoms with E-state index in [1.165, 1.54) is 6.33 Å². The summed E-state index contributed by atoms with van der Waals surface area (Å²) in [6.07, 6.45) is 5.17. The van der Waals surface area contributed by atoms with E-state index >= 15 is 0 Å². The highest BCUT2D eigenvalue weighted by Crippen LogP contribution is 2.19. The van der Waals surface area contributed by atoms with Crippen LogP contribution in [-0.2, 0) is 38.4 Å². The quantitative estimate of drug-likeness (QED) is 0.0989. The average Bonchev–Trinajstić information content (AvgIpc) is 3.65. The molecule has 8 N–H and O–H groups in total. The van der Waals surface area contributed by atoms with Gasteiger partial charge in [-0.2, -0.15) is 12.6 Å². The van der Waals surface area contributed by atoms with Crippen LogP contribution >= 0.6 is 12.6 Å². The van der Waals surface area contributed by atoms with Crippen LogP contribution in [0.15, 0.2) is 73.3 Å². The molecular weight excluding hydrogens is 558 g/mol. The van der Waals surface area contributed by atoms with Gasteiger partial charge >= 0.3 is 5.97 Å². The van der Waals surface area contributed by atoms with Crippen molar-refractivity contribution in [2.24, 2.45) is 5.73 Å². The van der Waals surface area contributed by atoms with Gasteiger partial charge in [-0.05, 0) is 17.2 Å². The van der Waals surface area contributed by atoms with E-state index in [0.717, 1.165) is 22.0 Å². The molecule has 4 unspecified atom stereocenters. The first-order chi connectivity index (χ1) is 20.2. The van der Waals surface area contributed by atoms with Crippen molar-refractivity contribution in [3.63, 3.8) is 0 Å². The molecule has 0 bridgehead atoms. The predicted molar refractivity (Wildman–Crippen MR) is 160 cm³/mol. The van der Waals surface area contributed by atoms with Crippen LogP contribution in [0.5, 0.6) is 0 Å². The van der Waals surface area contributed by atoms with Crippen molar-refractivity contribution in [1.82, 2.24) is 30.9 Å². The number of hydrogen-bond acceptors (Lipinski definition) is 7. The Morgan fingerprint density at radius 2 is 1.48 bits per heavy atom. The molecule has 4 atom stereocenters. The highest BCUT2D eigenvalue weighted by molar-refractivity contribution is 7.80. The molecule has 0 aliphatic heterocycles. The number of carboxylic acids is 1. The van der Waals surface area contributed by atoms with E-state index in [2.05, 4.69) is 43.5 Å². The number of imidazole rings is 1. The van der Waals surface area contributed by atoms with Crippen molar-refractivity contribution >= 4 is 47.2 Å². The molecule has 2 aromatic heterocycles. The van der Waals surface area contributed by atoms with Gasteiger partial charge < -0.3 is 36.8 Å². The number of nitrogens with one attached hydrogen (secondary N) is 5. The fourth-order valence-corrected chi connectivity index (χ4v) is 4.77. The van der Waals surface area contributed by atoms with E-state index in [0.29, 0.717) is 5.69 Å². The molecule has 2 heterocycles. The molecule has 3 amide bonds. The minimum atomic E-state index is -1.25. The third kappa shape index (κ3) is 7.98. The van der Waals surface area contributed by atoms with Gasteiger partial charge in [0.15, 0.2) is 0 Å². The van der Waals surface area contributed by atoms with Crippen molar-refractivity contribution in [2.75, 3.05) is 5.75 Å². The van der Waals surface area contributed by atoms with Gasteiger partial charge in [-0.15, -0.1) is 0 Å². The second-order valence-corrected chi connectivity index (χ2v) is 10.2. The Bertz CT molecular complexity index is 1510. The fraction of sp³-hybridized carbons (Fsp3) is 0.276. The molecular formula is C29H33N7O5S. The van der Waals surface area contributed by atoms with Crippen molar-refractivity contribution < 1.29 is 24.3 Å². The maximum Gasteiger partial charge on any atom is 0.327 e. The Labute approximate surface area is 247 Å². The average molecular weight is 592 g/mol. The minimum Gasteiger partial charge on any atom is -0.480 e. The van der Waals surface area contributed by atoms with Crippen LogP contribution < -0.4 is 21.7 Å². The molecule has 0 saturated carbocycles. The summed E-state index contributed by atoms with van der Waals surface area (Å²) in [5.74, 6) is -3.27. The number of hydrogen-bond donors (Lipinski definition) is 8. The number of aliphatic carboxylic acids is 1. The van der Waals surface area contributed by atoms with Crippen molar-refractivity contribution in [2.45, 2.75) is 43.4 Å². The predicted octanol–water partition coefficient (Wildman–Crippen LogP) is 0.715. The molecule has 4 aromatic rings. The number of carboxylic acid groups (broad SMARTS) is 1. The zero-order valence-electron chi connectivity index (χ0n) is 22.6. The SMILES string of the molecule is NC(Cc1cnc[nH]1)C(=O)NC(Cc1c[nH]c2ccccc12)C(=O)NC(Cc1ccccc1)C(=O)NC(CS)C(=O)O. The lowest BCUT2D eigenvalue weighted by Crippen LogP contribution is -2.58. The van der Waals surface area contributed by atoms with Gasteiger partial charge in [-0.3, -0.25) is 14.4 Å². The zero-order chi connectivity index (χ0) is 30.1. The van der Waals surface area contributed by atoms with Crippen LogP contribution in [0.4, 0.5) is 0 Å². The molecule has 0 aliphatic carbocycles. The molecule has 2 aromatic carbocycles. The summed E-state index contributed by atoms with van der Waals surface area (Å²) in [5, 5.41) is 18.2. The number of para-hydroxylation sites is 1. The Morgan fingerprint density at radius 1 is 0.833 bits per heavy atom. The standard InChI is InChI=1S/C29H33N7O5S/c30-21(12-19-14-31-16-33-19)26(37)34-24(11-18-13-32-22-9-5-4-8-20(18)22)28(39)35-23(10-17-6-2-1-3-7-17)27(38)36-25(15-42)29(40)41/h1-9,13-14,16,21,23-25,32,42H,10-12,15,30H2,(H,31,33)(H,34,37)(H,35,39)(H,36,38)(H,40,41). The van der Waals surface area contributed by atoms with Crippen LogP contribution in [0.1, 0.15) is 16.8 Å². The van der Waals surface area contributed by atoms with Gasteiger partial charge in [0.2, 0.25) is 17.7 Å². The van der Waals surface area contributed by atoms with Gasteiger partial charge in [0.05, 0.1) is 12.4 Å². The third-order valence-electron chi connectivity index (χ3n) is 6.78. The lowest BCUT2D eigenvalue weighted by Gasteiger charge is -2.25. The van der Waals surface area contributed by atoms with Gasteiger partial charge in [-0.1, -0.05) is 48.5 Å². The van der Waals surface area contributed by atoms with Gasteiger partial charge in [0.1, 0.15) is 18.1 Å². The number of carbonyl (C=O) groups is 4. The number of nitrogens with two attached hydrogens (primary N) is 1. The Hall–Kier alpha value is -4.62. The lowest BCUT2D eigenvalue weighted by atomic mass is 10.0.